The van der Waals surface area contributed by atoms with Crippen molar-refractivity contribution in [2.45, 2.75) is 85.0 Å². The zero-order valence-corrected chi connectivity index (χ0v) is 14.0. The molecule has 0 fully saturated rings. The lowest BCUT2D eigenvalue weighted by Crippen LogP contribution is -2.31. The third kappa shape index (κ3) is 11.1. The lowest BCUT2D eigenvalue weighted by Gasteiger charge is -2.20. The van der Waals surface area contributed by atoms with Gasteiger partial charge in [0.15, 0.2) is 0 Å². The highest BCUT2D eigenvalue weighted by Crippen LogP contribution is 2.06. The topological polar surface area (TPSA) is 20.3 Å². The molecule has 0 unspecified atom stereocenters. The average molecular weight is 281 g/mol. The second-order valence-electron chi connectivity index (χ2n) is 5.64. The van der Waals surface area contributed by atoms with E-state index in [0.29, 0.717) is 0 Å². The van der Waals surface area contributed by atoms with Crippen molar-refractivity contribution in [3.05, 3.63) is 12.2 Å². The summed E-state index contributed by atoms with van der Waals surface area (Å²) in [6.07, 6.45) is 15.9. The Morgan fingerprint density at radius 2 is 1.35 bits per heavy atom. The van der Waals surface area contributed by atoms with Crippen LogP contribution in [-0.2, 0) is 4.79 Å². The van der Waals surface area contributed by atoms with Crippen molar-refractivity contribution in [3.8, 4) is 0 Å². The van der Waals surface area contributed by atoms with Gasteiger partial charge in [0, 0.05) is 13.1 Å². The van der Waals surface area contributed by atoms with E-state index in [-0.39, 0.29) is 5.91 Å². The van der Waals surface area contributed by atoms with Crippen LogP contribution in [0, 0.1) is 0 Å². The van der Waals surface area contributed by atoms with Gasteiger partial charge < -0.3 is 4.90 Å². The van der Waals surface area contributed by atoms with Crippen LogP contribution in [0.2, 0.25) is 0 Å². The van der Waals surface area contributed by atoms with Crippen LogP contribution in [0.3, 0.4) is 0 Å². The molecule has 0 aliphatic rings. The summed E-state index contributed by atoms with van der Waals surface area (Å²) in [7, 11) is 0. The van der Waals surface area contributed by atoms with Crippen LogP contribution in [0.1, 0.15) is 85.0 Å². The second-order valence-corrected chi connectivity index (χ2v) is 5.64. The monoisotopic (exact) mass is 281 g/mol. The molecule has 2 nitrogen and oxygen atoms in total. The van der Waals surface area contributed by atoms with Gasteiger partial charge in [-0.05, 0) is 31.8 Å². The van der Waals surface area contributed by atoms with E-state index in [0.717, 1.165) is 45.2 Å². The number of hydrogen-bond acceptors (Lipinski definition) is 1. The van der Waals surface area contributed by atoms with E-state index in [4.69, 9.17) is 0 Å². The number of nitrogens with zero attached hydrogens (tertiary/aromatic N) is 1. The lowest BCUT2D eigenvalue weighted by atomic mass is 10.1. The Morgan fingerprint density at radius 1 is 0.800 bits per heavy atom. The van der Waals surface area contributed by atoms with Gasteiger partial charge in [0.2, 0.25) is 5.91 Å². The molecule has 0 bridgehead atoms. The molecule has 0 spiro atoms. The van der Waals surface area contributed by atoms with Gasteiger partial charge in [-0.25, -0.2) is 0 Å². The number of carbonyl (C=O) groups is 1. The van der Waals surface area contributed by atoms with Gasteiger partial charge in [-0.3, -0.25) is 4.79 Å². The lowest BCUT2D eigenvalue weighted by molar-refractivity contribution is -0.126. The fourth-order valence-electron chi connectivity index (χ4n) is 2.19. The van der Waals surface area contributed by atoms with E-state index in [1.807, 2.05) is 4.90 Å². The number of allylic oxidation sites excluding steroid dienone is 1. The molecule has 0 aromatic rings. The molecule has 118 valence electrons. The normalized spacial score (nSPS) is 11.2. The zero-order chi connectivity index (χ0) is 15.1. The van der Waals surface area contributed by atoms with Crippen LogP contribution in [0.5, 0.6) is 0 Å². The van der Waals surface area contributed by atoms with Crippen LogP contribution in [-0.4, -0.2) is 23.9 Å². The van der Waals surface area contributed by atoms with Gasteiger partial charge in [-0.1, -0.05) is 65.4 Å². The quantitative estimate of drug-likeness (QED) is 0.330. The molecule has 2 heteroatoms. The van der Waals surface area contributed by atoms with Crippen molar-refractivity contribution < 1.29 is 4.79 Å². The molecule has 0 heterocycles. The van der Waals surface area contributed by atoms with Gasteiger partial charge >= 0.3 is 0 Å². The van der Waals surface area contributed by atoms with Crippen molar-refractivity contribution in [3.63, 3.8) is 0 Å². The Kier molecular flexibility index (Phi) is 14.0. The molecule has 0 saturated carbocycles. The minimum absolute atomic E-state index is 0.209. The van der Waals surface area contributed by atoms with E-state index >= 15 is 0 Å². The standard InChI is InChI=1S/C18H35NO/c1-4-7-10-11-12-13-14-15-18(20)19(16-8-5-2)17-9-6-3/h14-15H,4-13,16-17H2,1-3H3/b15-14+. The van der Waals surface area contributed by atoms with Gasteiger partial charge in [0.1, 0.15) is 0 Å². The molecule has 0 saturated heterocycles. The van der Waals surface area contributed by atoms with Crippen molar-refractivity contribution in [1.82, 2.24) is 4.90 Å². The number of unbranched alkanes of at least 4 members (excludes halogenated alkanes) is 7. The molecule has 0 rings (SSSR count). The molecule has 0 aliphatic carbocycles. The van der Waals surface area contributed by atoms with E-state index < -0.39 is 0 Å². The third-order valence-electron chi connectivity index (χ3n) is 3.61. The summed E-state index contributed by atoms with van der Waals surface area (Å²) in [6.45, 7) is 8.41. The highest BCUT2D eigenvalue weighted by molar-refractivity contribution is 5.87. The summed E-state index contributed by atoms with van der Waals surface area (Å²) in [6, 6.07) is 0. The Balaban J connectivity index is 3.90. The minimum Gasteiger partial charge on any atom is -0.339 e. The maximum absolute atomic E-state index is 12.1. The molecule has 0 radical (unpaired) electrons. The van der Waals surface area contributed by atoms with E-state index in [1.165, 1.54) is 32.1 Å². The first kappa shape index (κ1) is 19.2. The van der Waals surface area contributed by atoms with Crippen LogP contribution >= 0.6 is 0 Å². The summed E-state index contributed by atoms with van der Waals surface area (Å²) in [4.78, 5) is 14.1. The third-order valence-corrected chi connectivity index (χ3v) is 3.61. The van der Waals surface area contributed by atoms with Crippen molar-refractivity contribution >= 4 is 5.91 Å². The number of amides is 1. The summed E-state index contributed by atoms with van der Waals surface area (Å²) < 4.78 is 0. The number of rotatable bonds is 13. The predicted octanol–water partition coefficient (Wildman–Crippen LogP) is 5.33. The molecule has 0 atom stereocenters. The average Bonchev–Trinajstić information content (AvgIpc) is 2.46. The van der Waals surface area contributed by atoms with Crippen LogP contribution < -0.4 is 0 Å². The predicted molar refractivity (Wildman–Crippen MR) is 88.9 cm³/mol. The molecule has 20 heavy (non-hydrogen) atoms. The molecular formula is C18H35NO. The summed E-state index contributed by atoms with van der Waals surface area (Å²) in [5, 5.41) is 0. The second kappa shape index (κ2) is 14.6. The molecule has 0 aromatic heterocycles. The van der Waals surface area contributed by atoms with Crippen LogP contribution in [0.15, 0.2) is 12.2 Å². The molecule has 0 N–H and O–H groups in total. The summed E-state index contributed by atoms with van der Waals surface area (Å²) in [5.41, 5.74) is 0. The molecular weight excluding hydrogens is 246 g/mol. The maximum Gasteiger partial charge on any atom is 0.246 e. The fraction of sp³-hybridized carbons (Fsp3) is 0.833. The van der Waals surface area contributed by atoms with E-state index in [1.54, 1.807) is 6.08 Å². The Hall–Kier alpha value is -0.790. The van der Waals surface area contributed by atoms with Crippen molar-refractivity contribution in [1.29, 1.82) is 0 Å². The van der Waals surface area contributed by atoms with Gasteiger partial charge in [-0.2, -0.15) is 0 Å². The van der Waals surface area contributed by atoms with Crippen molar-refractivity contribution in [2.24, 2.45) is 0 Å². The molecule has 0 aromatic carbocycles. The zero-order valence-electron chi connectivity index (χ0n) is 14.0. The number of hydrogen-bond donors (Lipinski definition) is 0. The van der Waals surface area contributed by atoms with Crippen molar-refractivity contribution in [2.75, 3.05) is 13.1 Å². The smallest absolute Gasteiger partial charge is 0.246 e. The largest absolute Gasteiger partial charge is 0.339 e. The highest BCUT2D eigenvalue weighted by atomic mass is 16.2. The van der Waals surface area contributed by atoms with Crippen LogP contribution in [0.25, 0.3) is 0 Å². The van der Waals surface area contributed by atoms with Gasteiger partial charge in [0.05, 0.1) is 0 Å². The Labute approximate surface area is 126 Å². The van der Waals surface area contributed by atoms with E-state index in [9.17, 15) is 4.79 Å². The first-order valence-corrected chi connectivity index (χ1v) is 8.71. The molecule has 0 aliphatic heterocycles. The van der Waals surface area contributed by atoms with E-state index in [2.05, 4.69) is 26.8 Å². The maximum atomic E-state index is 12.1. The minimum atomic E-state index is 0.209. The highest BCUT2D eigenvalue weighted by Gasteiger charge is 2.08. The molecule has 1 amide bonds. The number of carbonyl (C=O) groups excluding carboxylic acids is 1. The Bertz CT molecular complexity index is 240. The fourth-order valence-corrected chi connectivity index (χ4v) is 2.19. The Morgan fingerprint density at radius 3 is 1.90 bits per heavy atom. The summed E-state index contributed by atoms with van der Waals surface area (Å²) in [5.74, 6) is 0.209. The van der Waals surface area contributed by atoms with Crippen LogP contribution in [0.4, 0.5) is 0 Å². The van der Waals surface area contributed by atoms with Gasteiger partial charge in [-0.15, -0.1) is 0 Å². The summed E-state index contributed by atoms with van der Waals surface area (Å²) >= 11 is 0. The SMILES string of the molecule is CCCCCCC/C=C/C(=O)N(CCCC)CCCC. The first-order valence-electron chi connectivity index (χ1n) is 8.71. The van der Waals surface area contributed by atoms with Gasteiger partial charge in [0.25, 0.3) is 0 Å². The first-order chi connectivity index (χ1) is 9.76.